The summed E-state index contributed by atoms with van der Waals surface area (Å²) in [5.74, 6) is 0.0652. The molecule has 0 spiro atoms. The fourth-order valence-corrected chi connectivity index (χ4v) is 2.53. The summed E-state index contributed by atoms with van der Waals surface area (Å²) >= 11 is 0. The zero-order chi connectivity index (χ0) is 17.7. The van der Waals surface area contributed by atoms with Crippen LogP contribution in [0.4, 0.5) is 16.2 Å². The van der Waals surface area contributed by atoms with Crippen LogP contribution in [0.1, 0.15) is 20.8 Å². The van der Waals surface area contributed by atoms with Gasteiger partial charge in [-0.05, 0) is 32.0 Å². The van der Waals surface area contributed by atoms with Crippen LogP contribution in [0, 0.1) is 5.92 Å². The van der Waals surface area contributed by atoms with Gasteiger partial charge in [0.15, 0.2) is 0 Å². The van der Waals surface area contributed by atoms with E-state index in [1.54, 1.807) is 6.92 Å². The number of hydrogen-bond acceptors (Lipinski definition) is 4. The minimum absolute atomic E-state index is 0.0652. The maximum Gasteiger partial charge on any atom is 0.319 e. The number of rotatable bonds is 5. The van der Waals surface area contributed by atoms with Crippen molar-refractivity contribution in [1.29, 1.82) is 0 Å². The van der Waals surface area contributed by atoms with E-state index in [-0.39, 0.29) is 18.5 Å². The van der Waals surface area contributed by atoms with Crippen molar-refractivity contribution >= 4 is 17.4 Å². The quantitative estimate of drug-likeness (QED) is 0.770. The molecule has 0 aromatic heterocycles. The second-order valence-corrected chi connectivity index (χ2v) is 7.13. The molecule has 1 unspecified atom stereocenters. The Balaban J connectivity index is 1.98. The Bertz CT molecular complexity index is 552. The van der Waals surface area contributed by atoms with E-state index in [0.717, 1.165) is 37.6 Å². The Morgan fingerprint density at radius 2 is 1.88 bits per heavy atom. The molecule has 1 saturated heterocycles. The standard InChI is InChI=1S/C18H30N4O2/c1-14(2)18(3,24)13-19-17(23)20-15-7-5-6-8-16(15)22-11-9-21(4)10-12-22/h5-8,14,24H,9-13H2,1-4H3,(H2,19,20,23). The van der Waals surface area contributed by atoms with Gasteiger partial charge < -0.3 is 25.5 Å². The Morgan fingerprint density at radius 1 is 1.25 bits per heavy atom. The Morgan fingerprint density at radius 3 is 2.50 bits per heavy atom. The molecule has 1 fully saturated rings. The fraction of sp³-hybridized carbons (Fsp3) is 0.611. The van der Waals surface area contributed by atoms with E-state index in [2.05, 4.69) is 27.5 Å². The predicted molar refractivity (Wildman–Crippen MR) is 98.6 cm³/mol. The van der Waals surface area contributed by atoms with Crippen molar-refractivity contribution in [1.82, 2.24) is 10.2 Å². The van der Waals surface area contributed by atoms with E-state index in [1.165, 1.54) is 0 Å². The van der Waals surface area contributed by atoms with E-state index in [9.17, 15) is 9.90 Å². The van der Waals surface area contributed by atoms with Crippen LogP contribution in [0.3, 0.4) is 0 Å². The number of amides is 2. The Labute approximate surface area is 144 Å². The summed E-state index contributed by atoms with van der Waals surface area (Å²) in [6.07, 6.45) is 0. The number of nitrogens with zero attached hydrogens (tertiary/aromatic N) is 2. The molecule has 1 aliphatic rings. The number of likely N-dealkylation sites (N-methyl/N-ethyl adjacent to an activating group) is 1. The van der Waals surface area contributed by atoms with Crippen molar-refractivity contribution in [2.75, 3.05) is 50.0 Å². The molecule has 3 N–H and O–H groups in total. The number of hydrogen-bond donors (Lipinski definition) is 3. The number of nitrogens with one attached hydrogen (secondary N) is 2. The van der Waals surface area contributed by atoms with Crippen molar-refractivity contribution in [3.63, 3.8) is 0 Å². The van der Waals surface area contributed by atoms with Gasteiger partial charge in [0.25, 0.3) is 0 Å². The normalized spacial score (nSPS) is 18.3. The highest BCUT2D eigenvalue weighted by Crippen LogP contribution is 2.26. The first-order chi connectivity index (χ1) is 11.3. The number of aliphatic hydroxyl groups is 1. The van der Waals surface area contributed by atoms with Crippen LogP contribution in [0.25, 0.3) is 0 Å². The highest BCUT2D eigenvalue weighted by Gasteiger charge is 2.25. The average Bonchev–Trinajstić information content (AvgIpc) is 2.54. The Kier molecular flexibility index (Phi) is 6.07. The second-order valence-electron chi connectivity index (χ2n) is 7.13. The summed E-state index contributed by atoms with van der Waals surface area (Å²) in [5, 5.41) is 15.9. The third-order valence-corrected chi connectivity index (χ3v) is 4.85. The number of anilines is 2. The molecule has 0 saturated carbocycles. The zero-order valence-corrected chi connectivity index (χ0v) is 15.2. The van der Waals surface area contributed by atoms with Crippen molar-refractivity contribution < 1.29 is 9.90 Å². The van der Waals surface area contributed by atoms with Crippen LogP contribution >= 0.6 is 0 Å². The van der Waals surface area contributed by atoms with Crippen molar-refractivity contribution in [2.24, 2.45) is 5.92 Å². The molecule has 0 radical (unpaired) electrons. The highest BCUT2D eigenvalue weighted by molar-refractivity contribution is 5.93. The topological polar surface area (TPSA) is 67.8 Å². The Hall–Kier alpha value is -1.79. The molecule has 1 aromatic rings. The maximum absolute atomic E-state index is 12.2. The van der Waals surface area contributed by atoms with Crippen molar-refractivity contribution in [2.45, 2.75) is 26.4 Å². The summed E-state index contributed by atoms with van der Waals surface area (Å²) in [7, 11) is 2.12. The van der Waals surface area contributed by atoms with Gasteiger partial charge in [0.05, 0.1) is 17.0 Å². The summed E-state index contributed by atoms with van der Waals surface area (Å²) < 4.78 is 0. The van der Waals surface area contributed by atoms with Gasteiger partial charge in [-0.3, -0.25) is 0 Å². The molecule has 2 rings (SSSR count). The monoisotopic (exact) mass is 334 g/mol. The van der Waals surface area contributed by atoms with Gasteiger partial charge in [0, 0.05) is 32.7 Å². The van der Waals surface area contributed by atoms with Crippen LogP contribution in [0.2, 0.25) is 0 Å². The molecule has 1 aliphatic heterocycles. The minimum Gasteiger partial charge on any atom is -0.388 e. The lowest BCUT2D eigenvalue weighted by Gasteiger charge is -2.35. The molecule has 134 valence electrons. The molecule has 0 bridgehead atoms. The third kappa shape index (κ3) is 4.85. The summed E-state index contributed by atoms with van der Waals surface area (Å²) in [6, 6.07) is 7.55. The molecule has 1 aromatic carbocycles. The van der Waals surface area contributed by atoms with E-state index in [1.807, 2.05) is 38.1 Å². The molecule has 1 heterocycles. The van der Waals surface area contributed by atoms with Crippen LogP contribution in [-0.2, 0) is 0 Å². The summed E-state index contributed by atoms with van der Waals surface area (Å²) in [4.78, 5) is 16.8. The molecular weight excluding hydrogens is 304 g/mol. The van der Waals surface area contributed by atoms with Crippen molar-refractivity contribution in [3.8, 4) is 0 Å². The van der Waals surface area contributed by atoms with Crippen LogP contribution in [-0.4, -0.2) is 61.4 Å². The van der Waals surface area contributed by atoms with E-state index >= 15 is 0 Å². The number of carbonyl (C=O) groups excluding carboxylic acids is 1. The largest absolute Gasteiger partial charge is 0.388 e. The number of urea groups is 1. The van der Waals surface area contributed by atoms with Crippen molar-refractivity contribution in [3.05, 3.63) is 24.3 Å². The molecule has 24 heavy (non-hydrogen) atoms. The zero-order valence-electron chi connectivity index (χ0n) is 15.2. The second kappa shape index (κ2) is 7.85. The van der Waals surface area contributed by atoms with E-state index in [0.29, 0.717) is 0 Å². The highest BCUT2D eigenvalue weighted by atomic mass is 16.3. The summed E-state index contributed by atoms with van der Waals surface area (Å²) in [5.41, 5.74) is 0.911. The number of para-hydroxylation sites is 2. The van der Waals surface area contributed by atoms with Gasteiger partial charge in [-0.25, -0.2) is 4.79 Å². The van der Waals surface area contributed by atoms with Gasteiger partial charge in [-0.15, -0.1) is 0 Å². The predicted octanol–water partition coefficient (Wildman–Crippen LogP) is 1.97. The van der Waals surface area contributed by atoms with Gasteiger partial charge in [-0.2, -0.15) is 0 Å². The van der Waals surface area contributed by atoms with Gasteiger partial charge >= 0.3 is 6.03 Å². The van der Waals surface area contributed by atoms with E-state index < -0.39 is 5.60 Å². The number of benzene rings is 1. The first kappa shape index (κ1) is 18.5. The van der Waals surface area contributed by atoms with Gasteiger partial charge in [-0.1, -0.05) is 26.0 Å². The molecule has 0 aliphatic carbocycles. The molecule has 6 heteroatoms. The summed E-state index contributed by atoms with van der Waals surface area (Å²) in [6.45, 7) is 9.72. The van der Waals surface area contributed by atoms with Crippen LogP contribution < -0.4 is 15.5 Å². The molecule has 2 amide bonds. The minimum atomic E-state index is -0.922. The van der Waals surface area contributed by atoms with E-state index in [4.69, 9.17) is 0 Å². The van der Waals surface area contributed by atoms with Gasteiger partial charge in [0.1, 0.15) is 0 Å². The SMILES string of the molecule is CC(C)C(C)(O)CNC(=O)Nc1ccccc1N1CCN(C)CC1. The first-order valence-corrected chi connectivity index (χ1v) is 8.59. The van der Waals surface area contributed by atoms with Crippen LogP contribution in [0.15, 0.2) is 24.3 Å². The average molecular weight is 334 g/mol. The molecule has 1 atom stereocenters. The number of carbonyl (C=O) groups is 1. The lowest BCUT2D eigenvalue weighted by atomic mass is 9.93. The van der Waals surface area contributed by atoms with Gasteiger partial charge in [0.2, 0.25) is 0 Å². The fourth-order valence-electron chi connectivity index (χ4n) is 2.53. The lowest BCUT2D eigenvalue weighted by Crippen LogP contribution is -2.46. The molecular formula is C18H30N4O2. The maximum atomic E-state index is 12.2. The first-order valence-electron chi connectivity index (χ1n) is 8.59. The number of piperazine rings is 1. The third-order valence-electron chi connectivity index (χ3n) is 4.85. The smallest absolute Gasteiger partial charge is 0.319 e. The van der Waals surface area contributed by atoms with Crippen LogP contribution in [0.5, 0.6) is 0 Å². The lowest BCUT2D eigenvalue weighted by molar-refractivity contribution is 0.0170. The molecule has 6 nitrogen and oxygen atoms in total.